The lowest BCUT2D eigenvalue weighted by Crippen LogP contribution is -2.52. The van der Waals surface area contributed by atoms with Crippen molar-refractivity contribution in [3.63, 3.8) is 0 Å². The minimum Gasteiger partial charge on any atom is -0.493 e. The number of piperidine rings is 1. The molecule has 1 fully saturated rings. The molecule has 7 nitrogen and oxygen atoms in total. The van der Waals surface area contributed by atoms with Crippen LogP contribution < -0.4 is 20.1 Å². The summed E-state index contributed by atoms with van der Waals surface area (Å²) in [7, 11) is 1.25. The number of amides is 3. The lowest BCUT2D eigenvalue weighted by molar-refractivity contribution is -0.134. The maximum Gasteiger partial charge on any atom is 0.387 e. The van der Waals surface area contributed by atoms with Gasteiger partial charge in [-0.25, -0.2) is 0 Å². The van der Waals surface area contributed by atoms with Gasteiger partial charge in [-0.1, -0.05) is 0 Å². The van der Waals surface area contributed by atoms with Gasteiger partial charge in [0, 0.05) is 12.0 Å². The first-order valence-electron chi connectivity index (χ1n) is 6.68. The van der Waals surface area contributed by atoms with Crippen molar-refractivity contribution in [1.29, 1.82) is 0 Å². The van der Waals surface area contributed by atoms with Gasteiger partial charge in [0.2, 0.25) is 11.8 Å². The molecule has 23 heavy (non-hydrogen) atoms. The van der Waals surface area contributed by atoms with Crippen molar-refractivity contribution in [3.05, 3.63) is 23.8 Å². The van der Waals surface area contributed by atoms with E-state index in [4.69, 9.17) is 4.74 Å². The summed E-state index contributed by atoms with van der Waals surface area (Å²) in [6, 6.07) is 2.83. The summed E-state index contributed by atoms with van der Waals surface area (Å²) in [5.74, 6) is -1.82. The van der Waals surface area contributed by atoms with Gasteiger partial charge in [0.05, 0.1) is 7.11 Å². The van der Waals surface area contributed by atoms with E-state index in [1.807, 2.05) is 0 Å². The molecule has 1 aliphatic rings. The molecule has 124 valence electrons. The van der Waals surface area contributed by atoms with E-state index in [-0.39, 0.29) is 29.9 Å². The van der Waals surface area contributed by atoms with Gasteiger partial charge in [-0.2, -0.15) is 8.78 Å². The monoisotopic (exact) mass is 328 g/mol. The second-order valence-electron chi connectivity index (χ2n) is 4.72. The quantitative estimate of drug-likeness (QED) is 0.781. The highest BCUT2D eigenvalue weighted by molar-refractivity contribution is 6.03. The molecule has 2 N–H and O–H groups in total. The van der Waals surface area contributed by atoms with Crippen LogP contribution in [0.2, 0.25) is 0 Å². The molecule has 0 aromatic heterocycles. The fourth-order valence-corrected chi connectivity index (χ4v) is 2.08. The zero-order chi connectivity index (χ0) is 17.0. The first-order valence-corrected chi connectivity index (χ1v) is 6.68. The van der Waals surface area contributed by atoms with E-state index in [0.29, 0.717) is 0 Å². The Morgan fingerprint density at radius 1 is 1.35 bits per heavy atom. The molecular formula is C14H14F2N2O5. The van der Waals surface area contributed by atoms with Gasteiger partial charge in [0.25, 0.3) is 5.91 Å². The van der Waals surface area contributed by atoms with E-state index in [9.17, 15) is 23.2 Å². The van der Waals surface area contributed by atoms with Gasteiger partial charge in [-0.3, -0.25) is 19.7 Å². The van der Waals surface area contributed by atoms with Crippen LogP contribution in [0.5, 0.6) is 11.5 Å². The molecule has 1 atom stereocenters. The number of alkyl halides is 2. The number of hydrogen-bond donors (Lipinski definition) is 2. The number of imide groups is 1. The Balaban J connectivity index is 2.10. The number of ether oxygens (including phenoxy) is 2. The molecule has 0 aliphatic carbocycles. The highest BCUT2D eigenvalue weighted by Gasteiger charge is 2.28. The smallest absolute Gasteiger partial charge is 0.387 e. The molecule has 3 amide bonds. The van der Waals surface area contributed by atoms with Crippen molar-refractivity contribution in [2.45, 2.75) is 25.5 Å². The largest absolute Gasteiger partial charge is 0.493 e. The molecule has 1 heterocycles. The van der Waals surface area contributed by atoms with Crippen LogP contribution >= 0.6 is 0 Å². The zero-order valence-corrected chi connectivity index (χ0v) is 12.1. The van der Waals surface area contributed by atoms with Gasteiger partial charge in [0.1, 0.15) is 6.04 Å². The summed E-state index contributed by atoms with van der Waals surface area (Å²) in [5, 5.41) is 4.59. The third kappa shape index (κ3) is 4.15. The van der Waals surface area contributed by atoms with E-state index in [1.54, 1.807) is 0 Å². The van der Waals surface area contributed by atoms with Crippen molar-refractivity contribution in [3.8, 4) is 11.5 Å². The van der Waals surface area contributed by atoms with Gasteiger partial charge < -0.3 is 14.8 Å². The molecule has 0 bridgehead atoms. The molecular weight excluding hydrogens is 314 g/mol. The average Bonchev–Trinajstić information content (AvgIpc) is 2.49. The third-order valence-electron chi connectivity index (χ3n) is 3.19. The molecule has 9 heteroatoms. The fraction of sp³-hybridized carbons (Fsp3) is 0.357. The highest BCUT2D eigenvalue weighted by Crippen LogP contribution is 2.29. The Bertz CT molecular complexity index is 636. The number of methoxy groups -OCH3 is 1. The number of halogens is 2. The van der Waals surface area contributed by atoms with Crippen LogP contribution in [0.25, 0.3) is 0 Å². The maximum absolute atomic E-state index is 12.3. The third-order valence-corrected chi connectivity index (χ3v) is 3.19. The Hall–Kier alpha value is -2.71. The summed E-state index contributed by atoms with van der Waals surface area (Å²) in [6.45, 7) is -3.02. The van der Waals surface area contributed by atoms with Crippen LogP contribution in [0.4, 0.5) is 8.78 Å². The van der Waals surface area contributed by atoms with Crippen molar-refractivity contribution in [2.24, 2.45) is 0 Å². The molecule has 0 unspecified atom stereocenters. The van der Waals surface area contributed by atoms with Gasteiger partial charge in [-0.05, 0) is 24.6 Å². The summed E-state index contributed by atoms with van der Waals surface area (Å²) in [4.78, 5) is 34.8. The lowest BCUT2D eigenvalue weighted by Gasteiger charge is -2.22. The summed E-state index contributed by atoms with van der Waals surface area (Å²) in [6.07, 6.45) is 0.321. The van der Waals surface area contributed by atoms with Crippen LogP contribution in [0.1, 0.15) is 23.2 Å². The van der Waals surface area contributed by atoms with E-state index >= 15 is 0 Å². The van der Waals surface area contributed by atoms with E-state index in [2.05, 4.69) is 15.4 Å². The minimum atomic E-state index is -3.02. The molecule has 1 aromatic carbocycles. The summed E-state index contributed by atoms with van der Waals surface area (Å²) in [5.41, 5.74) is 0.105. The number of rotatable bonds is 5. The van der Waals surface area contributed by atoms with Gasteiger partial charge in [0.15, 0.2) is 11.5 Å². The van der Waals surface area contributed by atoms with Crippen molar-refractivity contribution in [2.75, 3.05) is 7.11 Å². The van der Waals surface area contributed by atoms with Crippen LogP contribution in [0.15, 0.2) is 18.2 Å². The number of carbonyl (C=O) groups is 3. The lowest BCUT2D eigenvalue weighted by atomic mass is 10.1. The molecule has 1 aromatic rings. The van der Waals surface area contributed by atoms with Crippen LogP contribution in [0, 0.1) is 0 Å². The molecule has 0 spiro atoms. The maximum atomic E-state index is 12.3. The first kappa shape index (κ1) is 16.7. The second kappa shape index (κ2) is 7.03. The SMILES string of the molecule is COc1cc(C(=O)N[C@H]2CCC(=O)NC2=O)ccc1OC(F)F. The molecule has 0 saturated carbocycles. The summed E-state index contributed by atoms with van der Waals surface area (Å²) >= 11 is 0. The number of nitrogens with one attached hydrogen (secondary N) is 2. The number of hydrogen-bond acceptors (Lipinski definition) is 5. The fourth-order valence-electron chi connectivity index (χ4n) is 2.08. The molecule has 1 aliphatic heterocycles. The normalized spacial score (nSPS) is 17.7. The molecule has 1 saturated heterocycles. The Morgan fingerprint density at radius 2 is 2.09 bits per heavy atom. The Morgan fingerprint density at radius 3 is 2.70 bits per heavy atom. The van der Waals surface area contributed by atoms with Crippen LogP contribution in [-0.4, -0.2) is 37.5 Å². The zero-order valence-electron chi connectivity index (χ0n) is 12.1. The van der Waals surface area contributed by atoms with E-state index < -0.39 is 30.4 Å². The van der Waals surface area contributed by atoms with Gasteiger partial charge >= 0.3 is 6.61 Å². The van der Waals surface area contributed by atoms with Crippen molar-refractivity contribution >= 4 is 17.7 Å². The molecule has 2 rings (SSSR count). The van der Waals surface area contributed by atoms with Crippen molar-refractivity contribution < 1.29 is 32.6 Å². The minimum absolute atomic E-state index is 0.0405. The van der Waals surface area contributed by atoms with E-state index in [1.165, 1.54) is 25.3 Å². The van der Waals surface area contributed by atoms with Crippen molar-refractivity contribution in [1.82, 2.24) is 10.6 Å². The van der Waals surface area contributed by atoms with Crippen LogP contribution in [-0.2, 0) is 9.59 Å². The average molecular weight is 328 g/mol. The second-order valence-corrected chi connectivity index (χ2v) is 4.72. The first-order chi connectivity index (χ1) is 10.9. The highest BCUT2D eigenvalue weighted by atomic mass is 19.3. The van der Waals surface area contributed by atoms with E-state index in [0.717, 1.165) is 0 Å². The number of carbonyl (C=O) groups excluding carboxylic acids is 3. The number of benzene rings is 1. The Labute approximate surface area is 129 Å². The Kier molecular flexibility index (Phi) is 5.09. The summed E-state index contributed by atoms with van der Waals surface area (Å²) < 4.78 is 33.7. The topological polar surface area (TPSA) is 93.7 Å². The van der Waals surface area contributed by atoms with Crippen LogP contribution in [0.3, 0.4) is 0 Å². The standard InChI is InChI=1S/C14H14F2N2O5/c1-22-10-6-7(2-4-9(10)23-14(15)16)12(20)17-8-3-5-11(19)18-13(8)21/h2,4,6,8,14H,3,5H2,1H3,(H,17,20)(H,18,19,21)/t8-/m0/s1. The van der Waals surface area contributed by atoms with Gasteiger partial charge in [-0.15, -0.1) is 0 Å². The predicted octanol–water partition coefficient (Wildman–Crippen LogP) is 0.832. The predicted molar refractivity (Wildman–Crippen MR) is 73.3 cm³/mol. The molecule has 0 radical (unpaired) electrons.